The van der Waals surface area contributed by atoms with E-state index >= 15 is 0 Å². The molecule has 72 valence electrons. The zero-order valence-electron chi connectivity index (χ0n) is 8.26. The Hall–Kier alpha value is -0.150. The molecule has 0 saturated carbocycles. The molecule has 1 heterocycles. The van der Waals surface area contributed by atoms with Crippen LogP contribution >= 0.6 is 0 Å². The number of aliphatic hydroxyl groups excluding tert-OH is 1. The molecular weight excluding hydrogens is 157 g/mol. The van der Waals surface area contributed by atoms with Crippen molar-refractivity contribution in [2.24, 2.45) is 0 Å². The lowest BCUT2D eigenvalue weighted by Gasteiger charge is -2.48. The molecule has 1 rings (SSSR count). The van der Waals surface area contributed by atoms with Crippen molar-refractivity contribution >= 4 is 0 Å². The Bertz CT molecular complexity index is 161. The molecule has 0 aliphatic carbocycles. The van der Waals surface area contributed by atoms with Crippen LogP contribution in [0.1, 0.15) is 40.5 Å². The van der Waals surface area contributed by atoms with E-state index in [1.165, 1.54) is 0 Å². The maximum absolute atomic E-state index is 13.6. The summed E-state index contributed by atoms with van der Waals surface area (Å²) in [5, 5.41) is 10.4. The monoisotopic (exact) mass is 175 g/mol. The summed E-state index contributed by atoms with van der Waals surface area (Å²) in [6.45, 7) is 7.27. The van der Waals surface area contributed by atoms with E-state index in [9.17, 15) is 9.59 Å². The van der Waals surface area contributed by atoms with Crippen molar-refractivity contribution in [3.05, 3.63) is 0 Å². The molecule has 1 fully saturated rings. The van der Waals surface area contributed by atoms with Gasteiger partial charge in [0.2, 0.25) is 0 Å². The van der Waals surface area contributed by atoms with E-state index in [0.29, 0.717) is 12.8 Å². The molecule has 0 spiro atoms. The molecule has 1 N–H and O–H groups in total. The van der Waals surface area contributed by atoms with Crippen molar-refractivity contribution < 1.29 is 9.59 Å². The van der Waals surface area contributed by atoms with Crippen LogP contribution in [0.4, 0.5) is 4.48 Å². The third-order valence-corrected chi connectivity index (χ3v) is 2.53. The Kier molecular flexibility index (Phi) is 2.21. The first-order valence-electron chi connectivity index (χ1n) is 4.40. The molecule has 0 unspecified atom stereocenters. The Balaban J connectivity index is 2.84. The quantitative estimate of drug-likeness (QED) is 0.568. The van der Waals surface area contributed by atoms with Gasteiger partial charge in [-0.1, -0.05) is 0 Å². The summed E-state index contributed by atoms with van der Waals surface area (Å²) in [5.74, 6) is 0. The maximum atomic E-state index is 13.6. The largest absolute Gasteiger partial charge is 0.393 e. The highest BCUT2D eigenvalue weighted by atomic mass is 19.2. The SMILES string of the molecule is CC1(C)CC(O)CC(C)(C)N1F. The topological polar surface area (TPSA) is 23.5 Å². The van der Waals surface area contributed by atoms with Gasteiger partial charge in [-0.3, -0.25) is 0 Å². The van der Waals surface area contributed by atoms with Crippen LogP contribution in [-0.2, 0) is 0 Å². The van der Waals surface area contributed by atoms with Crippen molar-refractivity contribution in [1.29, 1.82) is 0 Å². The van der Waals surface area contributed by atoms with Crippen LogP contribution in [0.15, 0.2) is 0 Å². The summed E-state index contributed by atoms with van der Waals surface area (Å²) in [4.78, 5) is 0. The summed E-state index contributed by atoms with van der Waals surface area (Å²) in [6.07, 6.45) is 0.641. The van der Waals surface area contributed by atoms with Crippen LogP contribution in [0.5, 0.6) is 0 Å². The summed E-state index contributed by atoms with van der Waals surface area (Å²) in [6, 6.07) is 0. The number of hydrogen-bond donors (Lipinski definition) is 1. The van der Waals surface area contributed by atoms with Crippen molar-refractivity contribution in [2.45, 2.75) is 57.7 Å². The first-order chi connectivity index (χ1) is 5.26. The van der Waals surface area contributed by atoms with Crippen LogP contribution in [-0.4, -0.2) is 27.4 Å². The van der Waals surface area contributed by atoms with Crippen molar-refractivity contribution in [2.75, 3.05) is 0 Å². The van der Waals surface area contributed by atoms with Gasteiger partial charge in [0.25, 0.3) is 0 Å². The van der Waals surface area contributed by atoms with Crippen LogP contribution in [0.3, 0.4) is 0 Å². The number of nitrogens with zero attached hydrogens (tertiary/aromatic N) is 1. The molecule has 1 aliphatic rings. The lowest BCUT2D eigenvalue weighted by molar-refractivity contribution is -0.192. The molecular formula is C9H18FNO. The Morgan fingerprint density at radius 2 is 1.50 bits per heavy atom. The van der Waals surface area contributed by atoms with Gasteiger partial charge in [0.05, 0.1) is 6.10 Å². The fourth-order valence-corrected chi connectivity index (χ4v) is 2.21. The van der Waals surface area contributed by atoms with Crippen LogP contribution < -0.4 is 0 Å². The maximum Gasteiger partial charge on any atom is 0.0577 e. The molecule has 0 aromatic rings. The van der Waals surface area contributed by atoms with Crippen LogP contribution in [0.2, 0.25) is 0 Å². The third kappa shape index (κ3) is 1.62. The van der Waals surface area contributed by atoms with Crippen molar-refractivity contribution in [3.8, 4) is 0 Å². The zero-order chi connectivity index (χ0) is 9.57. The number of hydrogen-bond acceptors (Lipinski definition) is 2. The highest BCUT2D eigenvalue weighted by molar-refractivity contribution is 4.96. The molecule has 1 saturated heterocycles. The summed E-state index contributed by atoms with van der Waals surface area (Å²) in [7, 11) is 0. The zero-order valence-corrected chi connectivity index (χ0v) is 8.26. The van der Waals surface area contributed by atoms with Gasteiger partial charge in [-0.2, -0.15) is 0 Å². The first-order valence-corrected chi connectivity index (χ1v) is 4.40. The Morgan fingerprint density at radius 1 is 1.17 bits per heavy atom. The van der Waals surface area contributed by atoms with E-state index in [2.05, 4.69) is 0 Å². The summed E-state index contributed by atoms with van der Waals surface area (Å²) >= 11 is 0. The molecule has 0 aromatic heterocycles. The Morgan fingerprint density at radius 3 is 1.83 bits per heavy atom. The molecule has 0 radical (unpaired) electrons. The number of piperidine rings is 1. The van der Waals surface area contributed by atoms with E-state index in [-0.39, 0.29) is 6.10 Å². The fourth-order valence-electron chi connectivity index (χ4n) is 2.21. The van der Waals surface area contributed by atoms with Gasteiger partial charge in [-0.05, 0) is 40.5 Å². The minimum absolute atomic E-state index is 0.373. The standard InChI is InChI=1S/C9H18FNO/c1-8(2)5-7(12)6-9(3,4)11(8)10/h7,12H,5-6H2,1-4H3. The minimum Gasteiger partial charge on any atom is -0.393 e. The van der Waals surface area contributed by atoms with Gasteiger partial charge in [0.15, 0.2) is 0 Å². The average Bonchev–Trinajstić information content (AvgIpc) is 1.80. The molecule has 0 bridgehead atoms. The first kappa shape index (κ1) is 9.93. The minimum atomic E-state index is -0.541. The van der Waals surface area contributed by atoms with Crippen LogP contribution in [0.25, 0.3) is 0 Å². The average molecular weight is 175 g/mol. The van der Waals surface area contributed by atoms with Gasteiger partial charge in [-0.25, -0.2) is 0 Å². The molecule has 2 nitrogen and oxygen atoms in total. The van der Waals surface area contributed by atoms with E-state index in [0.717, 1.165) is 5.12 Å². The number of aliphatic hydroxyl groups is 1. The fraction of sp³-hybridized carbons (Fsp3) is 1.00. The second kappa shape index (κ2) is 2.67. The second-order valence-electron chi connectivity index (χ2n) is 4.97. The van der Waals surface area contributed by atoms with Crippen molar-refractivity contribution in [1.82, 2.24) is 5.12 Å². The molecule has 0 atom stereocenters. The van der Waals surface area contributed by atoms with Gasteiger partial charge in [-0.15, -0.1) is 9.60 Å². The molecule has 3 heteroatoms. The third-order valence-electron chi connectivity index (χ3n) is 2.53. The van der Waals surface area contributed by atoms with E-state index < -0.39 is 11.1 Å². The van der Waals surface area contributed by atoms with Gasteiger partial charge in [0, 0.05) is 11.1 Å². The molecule has 0 amide bonds. The number of halogens is 1. The van der Waals surface area contributed by atoms with Gasteiger partial charge < -0.3 is 5.11 Å². The number of rotatable bonds is 0. The van der Waals surface area contributed by atoms with Crippen molar-refractivity contribution in [3.63, 3.8) is 0 Å². The highest BCUT2D eigenvalue weighted by Crippen LogP contribution is 2.38. The molecule has 1 aliphatic heterocycles. The second-order valence-corrected chi connectivity index (χ2v) is 4.97. The predicted octanol–water partition coefficient (Wildman–Crippen LogP) is 1.88. The van der Waals surface area contributed by atoms with E-state index in [1.807, 2.05) is 27.7 Å². The van der Waals surface area contributed by atoms with Crippen LogP contribution in [0, 0.1) is 0 Å². The lowest BCUT2D eigenvalue weighted by Crippen LogP contribution is -2.57. The van der Waals surface area contributed by atoms with Gasteiger partial charge >= 0.3 is 0 Å². The summed E-state index contributed by atoms with van der Waals surface area (Å²) in [5.41, 5.74) is -1.08. The van der Waals surface area contributed by atoms with E-state index in [4.69, 9.17) is 0 Å². The Labute approximate surface area is 73.3 Å². The molecule has 12 heavy (non-hydrogen) atoms. The van der Waals surface area contributed by atoms with E-state index in [1.54, 1.807) is 0 Å². The predicted molar refractivity (Wildman–Crippen MR) is 46.3 cm³/mol. The molecule has 0 aromatic carbocycles. The highest BCUT2D eigenvalue weighted by Gasteiger charge is 2.45. The smallest absolute Gasteiger partial charge is 0.0577 e. The van der Waals surface area contributed by atoms with Gasteiger partial charge in [0.1, 0.15) is 0 Å². The summed E-state index contributed by atoms with van der Waals surface area (Å²) < 4.78 is 13.6. The normalized spacial score (nSPS) is 30.5. The lowest BCUT2D eigenvalue weighted by atomic mass is 9.81.